The lowest BCUT2D eigenvalue weighted by Gasteiger charge is -2.42. The largest absolute Gasteiger partial charge is 0.496 e. The zero-order chi connectivity index (χ0) is 65.8. The summed E-state index contributed by atoms with van der Waals surface area (Å²) in [6.07, 6.45) is 0.137. The van der Waals surface area contributed by atoms with Gasteiger partial charge in [-0.3, -0.25) is 38.9 Å². The molecule has 4 aliphatic heterocycles. The van der Waals surface area contributed by atoms with Crippen molar-refractivity contribution in [2.45, 2.75) is 179 Å². The SMILES string of the molecule is COc1cc(CC(=O)[C@H](CCCNC(N)=O)NC(=O)[C@@H](NC(=O)CCCCC(=O)ON2C(=O)CCC2=O)C(C)C)ccc1C(=O)N(C)[C@@H](C)C(=O)O[C@H]1CC(=O)N(C)c2cc(cc(C)c2Cl)C/C(C)=C/C=C/[C@@H](OC)[C@@]2(O)C[C@H](OC(=O)N2)[C@@H](C)[C@@H]2O[C@@]12C. The van der Waals surface area contributed by atoms with Crippen LogP contribution < -0.4 is 36.6 Å². The normalized spacial score (nSPS) is 24.7. The Bertz CT molecular complexity index is 3100. The minimum absolute atomic E-state index is 0.00315. The van der Waals surface area contributed by atoms with Crippen LogP contribution in [0, 0.1) is 18.8 Å². The Balaban J connectivity index is 1.16. The molecule has 27 heteroatoms. The molecule has 0 unspecified atom stereocenters. The number of methoxy groups -OCH3 is 2. The number of esters is 1. The topological polar surface area (TPSA) is 351 Å². The molecule has 3 fully saturated rings. The highest BCUT2D eigenvalue weighted by Crippen LogP contribution is 2.49. The molecule has 89 heavy (non-hydrogen) atoms. The molecule has 0 aromatic heterocycles. The van der Waals surface area contributed by atoms with E-state index in [4.69, 9.17) is 45.9 Å². The lowest BCUT2D eigenvalue weighted by atomic mass is 9.83. The van der Waals surface area contributed by atoms with E-state index in [9.17, 15) is 57.8 Å². The van der Waals surface area contributed by atoms with Gasteiger partial charge in [-0.2, -0.15) is 0 Å². The zero-order valence-corrected chi connectivity index (χ0v) is 52.9. The van der Waals surface area contributed by atoms with Gasteiger partial charge in [-0.25, -0.2) is 19.2 Å². The molecular weight excluding hydrogens is 1180 g/mol. The third kappa shape index (κ3) is 17.9. The Labute approximate surface area is 522 Å². The number of amides is 9. The number of aliphatic hydroxyl groups is 1. The number of fused-ring (bicyclic) bond motifs is 5. The molecule has 26 nitrogen and oxygen atoms in total. The Morgan fingerprint density at radius 3 is 2.29 bits per heavy atom. The number of halogens is 1. The van der Waals surface area contributed by atoms with Gasteiger partial charge in [-0.1, -0.05) is 68.3 Å². The number of ketones is 1. The van der Waals surface area contributed by atoms with Crippen molar-refractivity contribution < 1.29 is 86.4 Å². The van der Waals surface area contributed by atoms with Crippen molar-refractivity contribution in [3.05, 3.63) is 81.4 Å². The van der Waals surface area contributed by atoms with Crippen LogP contribution in [0.2, 0.25) is 5.02 Å². The van der Waals surface area contributed by atoms with Crippen molar-refractivity contribution in [1.82, 2.24) is 31.2 Å². The standard InChI is InChI=1S/C62H83ClN8O18/c1-33(2)54(67-48(73)19-12-13-20-52(77)89-71-49(74)23-24-50(71)75)56(78)66-41(17-15-25-65-59(64)81)43(72)29-38-21-22-40(44(30-38)84-10)57(79)69(8)37(6)58(80)87-47-31-51(76)70(9)42-28-39(27-35(4)53(42)63)26-34(3)16-14-18-46(85-11)62(83)32-45(86-60(82)68-62)36(5)55-61(47,7)88-55/h14,16,18,21-22,27-28,30,33,36-37,41,45-47,54-55,83H,12-13,15,17,19-20,23-26,29,31-32H2,1-11H3,(H,66,78)(H,67,73)(H,68,82)(H3,64,65,81)/b18-14+,34-16+/t36-,37+,41+,45+,46-,47+,54+,55+,61+,62+/m1/s1. The number of nitrogens with two attached hydrogens (primary N) is 1. The van der Waals surface area contributed by atoms with Gasteiger partial charge < -0.3 is 65.1 Å². The van der Waals surface area contributed by atoms with Crippen molar-refractivity contribution in [2.24, 2.45) is 17.6 Å². The molecule has 0 aliphatic carbocycles. The number of carbonyl (C=O) groups excluding carboxylic acids is 11. The monoisotopic (exact) mass is 1260 g/mol. The van der Waals surface area contributed by atoms with Crippen LogP contribution >= 0.6 is 11.6 Å². The van der Waals surface area contributed by atoms with Gasteiger partial charge in [-0.15, -0.1) is 5.06 Å². The molecule has 0 spiro atoms. The number of likely N-dealkylation sites (N-methyl/N-ethyl adjacent to an activating group) is 1. The maximum Gasteiger partial charge on any atom is 0.409 e. The highest BCUT2D eigenvalue weighted by Gasteiger charge is 2.64. The second-order valence-corrected chi connectivity index (χ2v) is 24.0. The number of allylic oxidation sites excluding steroid dienone is 3. The molecule has 486 valence electrons. The minimum Gasteiger partial charge on any atom is -0.496 e. The fourth-order valence-corrected chi connectivity index (χ4v) is 11.2. The number of hydrogen-bond donors (Lipinski definition) is 6. The number of alkyl carbamates (subject to hydrolysis) is 1. The minimum atomic E-state index is -1.91. The predicted molar refractivity (Wildman–Crippen MR) is 321 cm³/mol. The van der Waals surface area contributed by atoms with E-state index in [0.29, 0.717) is 33.3 Å². The number of aryl methyl sites for hydroxylation is 1. The smallest absolute Gasteiger partial charge is 0.409 e. The number of ether oxygens (including phenoxy) is 5. The summed E-state index contributed by atoms with van der Waals surface area (Å²) in [5.74, 6) is -6.87. The number of benzene rings is 2. The Morgan fingerprint density at radius 2 is 1.64 bits per heavy atom. The number of rotatable bonds is 23. The molecule has 6 rings (SSSR count). The highest BCUT2D eigenvalue weighted by molar-refractivity contribution is 6.34. The number of hydrogen-bond acceptors (Lipinski definition) is 18. The molecule has 9 amide bonds. The number of urea groups is 1. The molecule has 2 aromatic carbocycles. The van der Waals surface area contributed by atoms with Crippen molar-refractivity contribution in [2.75, 3.05) is 39.8 Å². The fourth-order valence-electron chi connectivity index (χ4n) is 11.0. The number of hydroxylamine groups is 2. The number of nitrogens with zero attached hydrogens (tertiary/aromatic N) is 3. The van der Waals surface area contributed by atoms with E-state index in [-0.39, 0.29) is 82.1 Å². The summed E-state index contributed by atoms with van der Waals surface area (Å²) in [5.41, 5.74) is 5.21. The Morgan fingerprint density at radius 1 is 0.955 bits per heavy atom. The number of unbranched alkanes of at least 4 members (excludes halogenated alkanes) is 1. The summed E-state index contributed by atoms with van der Waals surface area (Å²) in [6.45, 7) is 12.0. The van der Waals surface area contributed by atoms with Crippen molar-refractivity contribution in [3.8, 4) is 5.75 Å². The molecule has 4 bridgehead atoms. The number of Topliss-reactive ketones (excluding diaryl/α,β-unsaturated/α-hetero) is 1. The van der Waals surface area contributed by atoms with Crippen LogP contribution in [-0.2, 0) is 75.0 Å². The zero-order valence-electron chi connectivity index (χ0n) is 52.2. The van der Waals surface area contributed by atoms with Crippen LogP contribution in [-0.4, -0.2) is 169 Å². The van der Waals surface area contributed by atoms with Crippen LogP contribution in [0.25, 0.3) is 0 Å². The average molecular weight is 1260 g/mol. The van der Waals surface area contributed by atoms with Crippen LogP contribution in [0.3, 0.4) is 0 Å². The third-order valence-electron chi connectivity index (χ3n) is 16.5. The first kappa shape index (κ1) is 70.2. The van der Waals surface area contributed by atoms with Crippen molar-refractivity contribution >= 4 is 82.6 Å². The van der Waals surface area contributed by atoms with Crippen LogP contribution in [0.4, 0.5) is 15.3 Å². The Hall–Kier alpha value is -7.94. The first-order chi connectivity index (χ1) is 41.9. The predicted octanol–water partition coefficient (Wildman–Crippen LogP) is 4.49. The molecule has 4 aliphatic rings. The van der Waals surface area contributed by atoms with E-state index in [1.54, 1.807) is 53.0 Å². The molecule has 0 radical (unpaired) electrons. The summed E-state index contributed by atoms with van der Waals surface area (Å²) in [5, 5.41) is 23.1. The number of nitrogens with one attached hydrogen (secondary N) is 4. The summed E-state index contributed by atoms with van der Waals surface area (Å²) >= 11 is 6.87. The molecule has 4 heterocycles. The second kappa shape index (κ2) is 30.5. The van der Waals surface area contributed by atoms with Gasteiger partial charge in [0.2, 0.25) is 17.7 Å². The lowest BCUT2D eigenvalue weighted by Crippen LogP contribution is -2.63. The van der Waals surface area contributed by atoms with Crippen molar-refractivity contribution in [3.63, 3.8) is 0 Å². The number of carbonyl (C=O) groups is 11. The van der Waals surface area contributed by atoms with Gasteiger partial charge >= 0.3 is 24.1 Å². The molecule has 10 atom stereocenters. The van der Waals surface area contributed by atoms with Crippen LogP contribution in [0.5, 0.6) is 5.75 Å². The molecular formula is C62H83ClN8O18. The van der Waals surface area contributed by atoms with Gasteiger partial charge in [0.25, 0.3) is 17.7 Å². The van der Waals surface area contributed by atoms with Crippen LogP contribution in [0.15, 0.2) is 54.1 Å². The summed E-state index contributed by atoms with van der Waals surface area (Å²) in [7, 11) is 5.64. The molecule has 2 aromatic rings. The number of imide groups is 1. The molecule has 3 saturated heterocycles. The second-order valence-electron chi connectivity index (χ2n) is 23.6. The Kier molecular flexibility index (Phi) is 24.1. The van der Waals surface area contributed by atoms with Crippen LogP contribution in [0.1, 0.15) is 133 Å². The van der Waals surface area contributed by atoms with Gasteiger partial charge in [0.05, 0.1) is 41.9 Å². The first-order valence-corrected chi connectivity index (χ1v) is 30.0. The highest BCUT2D eigenvalue weighted by atomic mass is 35.5. The fraction of sp³-hybridized carbons (Fsp3) is 0.565. The summed E-state index contributed by atoms with van der Waals surface area (Å²) in [6, 6.07) is 3.76. The summed E-state index contributed by atoms with van der Waals surface area (Å²) in [4.78, 5) is 152. The maximum atomic E-state index is 14.5. The quantitative estimate of drug-likeness (QED) is 0.0386. The molecule has 7 N–H and O–H groups in total. The van der Waals surface area contributed by atoms with E-state index >= 15 is 0 Å². The molecule has 0 saturated carbocycles. The number of primary amides is 1. The van der Waals surface area contributed by atoms with Gasteiger partial charge in [0.15, 0.2) is 11.5 Å². The lowest BCUT2D eigenvalue weighted by molar-refractivity contribution is -0.197. The average Bonchev–Trinajstić information content (AvgIpc) is 1.63. The van der Waals surface area contributed by atoms with E-state index in [1.807, 2.05) is 26.0 Å². The number of anilines is 1. The van der Waals surface area contributed by atoms with E-state index < -0.39 is 137 Å². The van der Waals surface area contributed by atoms with E-state index in [2.05, 4.69) is 21.3 Å². The third-order valence-corrected chi connectivity index (χ3v) is 17.0. The first-order valence-electron chi connectivity index (χ1n) is 29.6. The van der Waals surface area contributed by atoms with Gasteiger partial charge in [0, 0.05) is 72.2 Å². The van der Waals surface area contributed by atoms with E-state index in [1.165, 1.54) is 51.3 Å². The van der Waals surface area contributed by atoms with Gasteiger partial charge in [0.1, 0.15) is 41.7 Å². The van der Waals surface area contributed by atoms with E-state index in [0.717, 1.165) is 16.0 Å². The maximum absolute atomic E-state index is 14.5. The van der Waals surface area contributed by atoms with Gasteiger partial charge in [-0.05, 0) is 101 Å². The van der Waals surface area contributed by atoms with Crippen molar-refractivity contribution in [1.29, 1.82) is 0 Å². The summed E-state index contributed by atoms with van der Waals surface area (Å²) < 4.78 is 29.7. The number of epoxide rings is 1.